The fraction of sp³-hybridized carbons (Fsp3) is 0.286. The average molecular weight is 416 g/mol. The first-order chi connectivity index (χ1) is 13.8. The Hall–Kier alpha value is -3.06. The zero-order valence-electron chi connectivity index (χ0n) is 16.4. The van der Waals surface area contributed by atoms with Gasteiger partial charge in [-0.05, 0) is 60.9 Å². The fourth-order valence-corrected chi connectivity index (χ4v) is 3.56. The van der Waals surface area contributed by atoms with Crippen LogP contribution in [0.4, 0.5) is 10.5 Å². The molecule has 0 aliphatic carbocycles. The number of hydrogen-bond donors (Lipinski definition) is 2. The molecule has 3 rings (SSSR count). The van der Waals surface area contributed by atoms with Gasteiger partial charge in [-0.1, -0.05) is 24.6 Å². The van der Waals surface area contributed by atoms with Gasteiger partial charge in [-0.3, -0.25) is 14.5 Å². The molecule has 2 N–H and O–H groups in total. The van der Waals surface area contributed by atoms with E-state index in [9.17, 15) is 14.4 Å². The van der Waals surface area contributed by atoms with Crippen molar-refractivity contribution in [3.8, 4) is 5.75 Å². The Morgan fingerprint density at radius 3 is 2.48 bits per heavy atom. The highest BCUT2D eigenvalue weighted by molar-refractivity contribution is 6.30. The molecule has 0 aromatic heterocycles. The third-order valence-corrected chi connectivity index (χ3v) is 5.28. The number of rotatable bonds is 6. The van der Waals surface area contributed by atoms with Crippen molar-refractivity contribution in [1.29, 1.82) is 0 Å². The molecule has 8 heteroatoms. The smallest absolute Gasteiger partial charge is 0.325 e. The second-order valence-electron chi connectivity index (χ2n) is 6.82. The van der Waals surface area contributed by atoms with Gasteiger partial charge < -0.3 is 15.4 Å². The van der Waals surface area contributed by atoms with Crippen LogP contribution in [-0.4, -0.2) is 36.4 Å². The van der Waals surface area contributed by atoms with Crippen molar-refractivity contribution in [2.24, 2.45) is 0 Å². The monoisotopic (exact) mass is 415 g/mol. The zero-order valence-corrected chi connectivity index (χ0v) is 17.2. The molecule has 1 saturated heterocycles. The first-order valence-electron chi connectivity index (χ1n) is 9.15. The number of carbonyl (C=O) groups is 3. The van der Waals surface area contributed by atoms with Crippen molar-refractivity contribution in [3.63, 3.8) is 0 Å². The van der Waals surface area contributed by atoms with Crippen molar-refractivity contribution in [3.05, 3.63) is 58.6 Å². The molecule has 1 fully saturated rings. The number of urea groups is 1. The number of carbonyl (C=O) groups excluding carboxylic acids is 3. The molecule has 4 amide bonds. The van der Waals surface area contributed by atoms with Crippen LogP contribution in [-0.2, 0) is 15.1 Å². The molecule has 0 saturated carbocycles. The Bertz CT molecular complexity index is 961. The van der Waals surface area contributed by atoms with E-state index in [1.165, 1.54) is 0 Å². The van der Waals surface area contributed by atoms with Gasteiger partial charge in [-0.15, -0.1) is 0 Å². The minimum absolute atomic E-state index is 0.346. The van der Waals surface area contributed by atoms with E-state index >= 15 is 0 Å². The van der Waals surface area contributed by atoms with E-state index in [1.54, 1.807) is 43.5 Å². The molecule has 1 aliphatic rings. The van der Waals surface area contributed by atoms with Crippen LogP contribution in [0, 0.1) is 6.92 Å². The summed E-state index contributed by atoms with van der Waals surface area (Å²) in [7, 11) is 1.57. The summed E-state index contributed by atoms with van der Waals surface area (Å²) in [5, 5.41) is 5.97. The van der Waals surface area contributed by atoms with Crippen LogP contribution in [0.1, 0.15) is 24.5 Å². The Kier molecular flexibility index (Phi) is 5.79. The number of aryl methyl sites for hydroxylation is 1. The lowest BCUT2D eigenvalue weighted by Crippen LogP contribution is -2.44. The normalized spacial score (nSPS) is 18.6. The summed E-state index contributed by atoms with van der Waals surface area (Å²) in [6.45, 7) is 3.30. The van der Waals surface area contributed by atoms with E-state index in [2.05, 4.69) is 10.6 Å². The van der Waals surface area contributed by atoms with Crippen LogP contribution >= 0.6 is 11.6 Å². The second-order valence-corrected chi connectivity index (χ2v) is 7.26. The van der Waals surface area contributed by atoms with Crippen molar-refractivity contribution < 1.29 is 19.1 Å². The van der Waals surface area contributed by atoms with Gasteiger partial charge in [0.2, 0.25) is 5.91 Å². The van der Waals surface area contributed by atoms with Gasteiger partial charge in [0.05, 0.1) is 7.11 Å². The van der Waals surface area contributed by atoms with Gasteiger partial charge in [0.25, 0.3) is 5.91 Å². The van der Waals surface area contributed by atoms with Crippen molar-refractivity contribution in [1.82, 2.24) is 10.2 Å². The van der Waals surface area contributed by atoms with E-state index in [-0.39, 0.29) is 6.54 Å². The number of ether oxygens (including phenoxy) is 1. The van der Waals surface area contributed by atoms with Gasteiger partial charge in [-0.25, -0.2) is 4.79 Å². The van der Waals surface area contributed by atoms with Crippen molar-refractivity contribution >= 4 is 35.1 Å². The molecule has 29 heavy (non-hydrogen) atoms. The molecule has 0 radical (unpaired) electrons. The predicted molar refractivity (Wildman–Crippen MR) is 110 cm³/mol. The number of nitrogens with one attached hydrogen (secondary N) is 2. The maximum absolute atomic E-state index is 13.2. The Morgan fingerprint density at radius 2 is 1.90 bits per heavy atom. The Balaban J connectivity index is 1.81. The van der Waals surface area contributed by atoms with Gasteiger partial charge in [0.15, 0.2) is 0 Å². The number of amides is 4. The topological polar surface area (TPSA) is 87.7 Å². The van der Waals surface area contributed by atoms with Crippen LogP contribution in [0.15, 0.2) is 42.5 Å². The molecular weight excluding hydrogens is 394 g/mol. The second kappa shape index (κ2) is 8.13. The van der Waals surface area contributed by atoms with Gasteiger partial charge in [-0.2, -0.15) is 0 Å². The third-order valence-electron chi connectivity index (χ3n) is 5.02. The SMILES string of the molecule is CCC1(c2ccc(OC)c(C)c2)NC(=O)N(CC(=O)Nc2ccc(Cl)cc2)C1=O. The highest BCUT2D eigenvalue weighted by Gasteiger charge is 2.51. The lowest BCUT2D eigenvalue weighted by Gasteiger charge is -2.26. The van der Waals surface area contributed by atoms with Crippen molar-refractivity contribution in [2.45, 2.75) is 25.8 Å². The number of halogens is 1. The molecule has 2 aromatic carbocycles. The molecule has 1 heterocycles. The van der Waals surface area contributed by atoms with Crippen molar-refractivity contribution in [2.75, 3.05) is 19.0 Å². The van der Waals surface area contributed by atoms with Crippen LogP contribution < -0.4 is 15.4 Å². The molecular formula is C21H22ClN3O4. The van der Waals surface area contributed by atoms with Crippen LogP contribution in [0.3, 0.4) is 0 Å². The zero-order chi connectivity index (χ0) is 21.2. The highest BCUT2D eigenvalue weighted by Crippen LogP contribution is 2.34. The first kappa shape index (κ1) is 20.7. The number of methoxy groups -OCH3 is 1. The molecule has 152 valence electrons. The summed E-state index contributed by atoms with van der Waals surface area (Å²) in [5.41, 5.74) is 0.810. The standard InChI is InChI=1S/C21H22ClN3O4/c1-4-21(14-5-10-17(29-3)13(2)11-14)19(27)25(20(28)24-21)12-18(26)23-16-8-6-15(22)7-9-16/h5-11H,4,12H2,1-3H3,(H,23,26)(H,24,28). The van der Waals surface area contributed by atoms with E-state index < -0.39 is 23.4 Å². The fourth-order valence-electron chi connectivity index (χ4n) is 3.43. The lowest BCUT2D eigenvalue weighted by atomic mass is 9.86. The van der Waals surface area contributed by atoms with Gasteiger partial charge in [0, 0.05) is 10.7 Å². The molecule has 2 aromatic rings. The maximum atomic E-state index is 13.2. The summed E-state index contributed by atoms with van der Waals surface area (Å²) in [4.78, 5) is 39.0. The van der Waals surface area contributed by atoms with E-state index in [0.29, 0.717) is 28.4 Å². The highest BCUT2D eigenvalue weighted by atomic mass is 35.5. The first-order valence-corrected chi connectivity index (χ1v) is 9.53. The number of benzene rings is 2. The number of imide groups is 1. The maximum Gasteiger partial charge on any atom is 0.325 e. The van der Waals surface area contributed by atoms with Gasteiger partial charge >= 0.3 is 6.03 Å². The lowest BCUT2D eigenvalue weighted by molar-refractivity contribution is -0.134. The summed E-state index contributed by atoms with van der Waals surface area (Å²) in [5.74, 6) is -0.245. The quantitative estimate of drug-likeness (QED) is 0.707. The minimum Gasteiger partial charge on any atom is -0.496 e. The van der Waals surface area contributed by atoms with E-state index in [4.69, 9.17) is 16.3 Å². The predicted octanol–water partition coefficient (Wildman–Crippen LogP) is 3.45. The molecule has 0 bridgehead atoms. The number of nitrogens with zero attached hydrogens (tertiary/aromatic N) is 1. The molecule has 7 nitrogen and oxygen atoms in total. The average Bonchev–Trinajstić information content (AvgIpc) is 2.94. The largest absolute Gasteiger partial charge is 0.496 e. The Labute approximate surface area is 174 Å². The van der Waals surface area contributed by atoms with Gasteiger partial charge in [0.1, 0.15) is 17.8 Å². The molecule has 1 aliphatic heterocycles. The Morgan fingerprint density at radius 1 is 1.21 bits per heavy atom. The summed E-state index contributed by atoms with van der Waals surface area (Å²) < 4.78 is 5.27. The van der Waals surface area contributed by atoms with Crippen LogP contribution in [0.5, 0.6) is 5.75 Å². The van der Waals surface area contributed by atoms with E-state index in [1.807, 2.05) is 19.9 Å². The molecule has 1 atom stereocenters. The van der Waals surface area contributed by atoms with Crippen LogP contribution in [0.2, 0.25) is 5.02 Å². The summed E-state index contributed by atoms with van der Waals surface area (Å²) >= 11 is 5.83. The summed E-state index contributed by atoms with van der Waals surface area (Å²) in [6.07, 6.45) is 0.346. The van der Waals surface area contributed by atoms with E-state index in [0.717, 1.165) is 10.5 Å². The third kappa shape index (κ3) is 3.91. The number of hydrogen-bond acceptors (Lipinski definition) is 4. The van der Waals surface area contributed by atoms with Crippen LogP contribution in [0.25, 0.3) is 0 Å². The molecule has 0 spiro atoms. The molecule has 1 unspecified atom stereocenters. The number of anilines is 1. The summed E-state index contributed by atoms with van der Waals surface area (Å²) in [6, 6.07) is 11.3. The minimum atomic E-state index is -1.21.